The summed E-state index contributed by atoms with van der Waals surface area (Å²) in [5.41, 5.74) is 0.484. The Kier molecular flexibility index (Phi) is 5.24. The van der Waals surface area contributed by atoms with Crippen molar-refractivity contribution >= 4 is 33.2 Å². The van der Waals surface area contributed by atoms with Gasteiger partial charge in [0.2, 0.25) is 10.0 Å². The van der Waals surface area contributed by atoms with Gasteiger partial charge in [0.1, 0.15) is 23.9 Å². The standard InChI is InChI=1S/C16H10Cl2F2N2O4S/c17-9-2-1-7(3-10(9)18)15-14(13(6-23)26-22-15)8-4-11(19)16(12(20)5-8)27(21,24)25/h1-5,23H,6H2,(H2,21,24,25). The second-order valence-corrected chi connectivity index (χ2v) is 7.74. The summed E-state index contributed by atoms with van der Waals surface area (Å²) in [4.78, 5) is -1.26. The van der Waals surface area contributed by atoms with E-state index in [0.717, 1.165) is 12.1 Å². The van der Waals surface area contributed by atoms with E-state index >= 15 is 0 Å². The quantitative estimate of drug-likeness (QED) is 0.650. The van der Waals surface area contributed by atoms with Gasteiger partial charge in [0.05, 0.1) is 15.6 Å². The molecule has 2 aromatic carbocycles. The van der Waals surface area contributed by atoms with Crippen LogP contribution in [0.4, 0.5) is 8.78 Å². The Bertz CT molecular complexity index is 1130. The summed E-state index contributed by atoms with van der Waals surface area (Å²) in [5, 5.41) is 18.6. The number of halogens is 4. The topological polar surface area (TPSA) is 106 Å². The highest BCUT2D eigenvalue weighted by atomic mass is 35.5. The molecular weight excluding hydrogens is 425 g/mol. The molecule has 0 amide bonds. The highest BCUT2D eigenvalue weighted by Gasteiger charge is 2.25. The highest BCUT2D eigenvalue weighted by Crippen LogP contribution is 2.38. The molecule has 0 bridgehead atoms. The average Bonchev–Trinajstić information content (AvgIpc) is 2.99. The Balaban J connectivity index is 2.26. The van der Waals surface area contributed by atoms with Gasteiger partial charge in [-0.15, -0.1) is 0 Å². The van der Waals surface area contributed by atoms with Crippen LogP contribution in [0.3, 0.4) is 0 Å². The minimum absolute atomic E-state index is 0.0645. The van der Waals surface area contributed by atoms with Crippen molar-refractivity contribution in [1.29, 1.82) is 0 Å². The monoisotopic (exact) mass is 434 g/mol. The molecule has 0 unspecified atom stereocenters. The normalized spacial score (nSPS) is 11.8. The summed E-state index contributed by atoms with van der Waals surface area (Å²) < 4.78 is 56.2. The summed E-state index contributed by atoms with van der Waals surface area (Å²) in [5.74, 6) is -2.87. The van der Waals surface area contributed by atoms with Gasteiger partial charge < -0.3 is 9.63 Å². The maximum atomic E-state index is 14.2. The lowest BCUT2D eigenvalue weighted by Gasteiger charge is -2.08. The molecule has 3 rings (SSSR count). The van der Waals surface area contributed by atoms with Crippen LogP contribution in [-0.2, 0) is 16.6 Å². The number of primary sulfonamides is 1. The fraction of sp³-hybridized carbons (Fsp3) is 0.0625. The van der Waals surface area contributed by atoms with Crippen molar-refractivity contribution in [3.05, 3.63) is 57.8 Å². The van der Waals surface area contributed by atoms with Gasteiger partial charge in [0.15, 0.2) is 10.7 Å². The summed E-state index contributed by atoms with van der Waals surface area (Å²) in [6, 6.07) is 6.01. The molecule has 0 atom stereocenters. The van der Waals surface area contributed by atoms with Gasteiger partial charge in [-0.25, -0.2) is 22.3 Å². The largest absolute Gasteiger partial charge is 0.388 e. The number of hydrogen-bond acceptors (Lipinski definition) is 5. The van der Waals surface area contributed by atoms with Crippen LogP contribution in [0.5, 0.6) is 0 Å². The third kappa shape index (κ3) is 3.69. The first-order valence-corrected chi connectivity index (χ1v) is 9.50. The van der Waals surface area contributed by atoms with Crippen molar-refractivity contribution in [2.45, 2.75) is 11.5 Å². The molecule has 0 fully saturated rings. The van der Waals surface area contributed by atoms with Gasteiger partial charge in [-0.3, -0.25) is 0 Å². The van der Waals surface area contributed by atoms with Gasteiger partial charge in [-0.2, -0.15) is 0 Å². The maximum Gasteiger partial charge on any atom is 0.243 e. The zero-order valence-electron chi connectivity index (χ0n) is 13.2. The van der Waals surface area contributed by atoms with Crippen LogP contribution in [0.25, 0.3) is 22.4 Å². The molecule has 11 heteroatoms. The predicted octanol–water partition coefficient (Wildman–Crippen LogP) is 3.73. The van der Waals surface area contributed by atoms with E-state index in [2.05, 4.69) is 5.16 Å². The van der Waals surface area contributed by atoms with E-state index in [0.29, 0.717) is 5.56 Å². The van der Waals surface area contributed by atoms with E-state index in [-0.39, 0.29) is 32.6 Å². The molecule has 0 saturated carbocycles. The Morgan fingerprint density at radius 3 is 2.22 bits per heavy atom. The van der Waals surface area contributed by atoms with Gasteiger partial charge >= 0.3 is 0 Å². The van der Waals surface area contributed by atoms with Crippen molar-refractivity contribution in [2.75, 3.05) is 0 Å². The number of benzene rings is 2. The number of rotatable bonds is 4. The molecular formula is C16H10Cl2F2N2O4S. The fourth-order valence-corrected chi connectivity index (χ4v) is 3.51. The molecule has 0 spiro atoms. The lowest BCUT2D eigenvalue weighted by Crippen LogP contribution is -2.16. The van der Waals surface area contributed by atoms with Crippen molar-refractivity contribution in [2.24, 2.45) is 5.14 Å². The third-order valence-corrected chi connectivity index (χ3v) is 5.37. The highest BCUT2D eigenvalue weighted by molar-refractivity contribution is 7.89. The maximum absolute atomic E-state index is 14.2. The molecule has 1 aromatic heterocycles. The zero-order valence-corrected chi connectivity index (χ0v) is 15.5. The Labute approximate surface area is 162 Å². The number of aliphatic hydroxyl groups is 1. The summed E-state index contributed by atoms with van der Waals surface area (Å²) >= 11 is 11.9. The molecule has 0 aliphatic carbocycles. The Hall–Kier alpha value is -2.04. The smallest absolute Gasteiger partial charge is 0.243 e. The van der Waals surface area contributed by atoms with Gasteiger partial charge in [-0.05, 0) is 29.8 Å². The van der Waals surface area contributed by atoms with Gasteiger partial charge in [0, 0.05) is 5.56 Å². The minimum atomic E-state index is -4.61. The number of aromatic nitrogens is 1. The van der Waals surface area contributed by atoms with E-state index in [9.17, 15) is 22.3 Å². The van der Waals surface area contributed by atoms with Crippen LogP contribution in [0.15, 0.2) is 39.8 Å². The summed E-state index contributed by atoms with van der Waals surface area (Å²) in [6.07, 6.45) is 0. The molecule has 1 heterocycles. The molecule has 27 heavy (non-hydrogen) atoms. The molecule has 3 aromatic rings. The SMILES string of the molecule is NS(=O)(=O)c1c(F)cc(-c2c(-c3ccc(Cl)c(Cl)c3)noc2CO)cc1F. The molecule has 0 saturated heterocycles. The van der Waals surface area contributed by atoms with Crippen LogP contribution in [-0.4, -0.2) is 18.7 Å². The van der Waals surface area contributed by atoms with Crippen molar-refractivity contribution in [3.8, 4) is 22.4 Å². The summed E-state index contributed by atoms with van der Waals surface area (Å²) in [7, 11) is -4.61. The lowest BCUT2D eigenvalue weighted by atomic mass is 9.99. The van der Waals surface area contributed by atoms with Crippen molar-refractivity contribution in [3.63, 3.8) is 0 Å². The molecule has 6 nitrogen and oxygen atoms in total. The number of hydrogen-bond donors (Lipinski definition) is 2. The fourth-order valence-electron chi connectivity index (χ4n) is 2.55. The van der Waals surface area contributed by atoms with E-state index in [1.807, 2.05) is 0 Å². The summed E-state index contributed by atoms with van der Waals surface area (Å²) in [6.45, 7) is -0.621. The second kappa shape index (κ2) is 7.17. The molecule has 142 valence electrons. The van der Waals surface area contributed by atoms with Crippen LogP contribution < -0.4 is 5.14 Å². The number of nitrogens with two attached hydrogens (primary N) is 1. The van der Waals surface area contributed by atoms with E-state index in [4.69, 9.17) is 32.9 Å². The first kappa shape index (κ1) is 19.7. The Morgan fingerprint density at radius 1 is 1.07 bits per heavy atom. The van der Waals surface area contributed by atoms with Crippen LogP contribution in [0.2, 0.25) is 10.0 Å². The van der Waals surface area contributed by atoms with E-state index in [1.54, 1.807) is 6.07 Å². The van der Waals surface area contributed by atoms with Crippen molar-refractivity contribution in [1.82, 2.24) is 5.16 Å². The van der Waals surface area contributed by atoms with Crippen molar-refractivity contribution < 1.29 is 26.8 Å². The lowest BCUT2D eigenvalue weighted by molar-refractivity contribution is 0.230. The number of aliphatic hydroxyl groups excluding tert-OH is 1. The first-order chi connectivity index (χ1) is 12.6. The van der Waals surface area contributed by atoms with Crippen LogP contribution >= 0.6 is 23.2 Å². The molecule has 0 aliphatic rings. The van der Waals surface area contributed by atoms with Gasteiger partial charge in [-0.1, -0.05) is 34.4 Å². The third-order valence-electron chi connectivity index (χ3n) is 3.67. The molecule has 0 aliphatic heterocycles. The second-order valence-electron chi connectivity index (χ2n) is 5.43. The van der Waals surface area contributed by atoms with Crippen LogP contribution in [0, 0.1) is 11.6 Å². The predicted molar refractivity (Wildman–Crippen MR) is 94.6 cm³/mol. The number of sulfonamides is 1. The van der Waals surface area contributed by atoms with E-state index in [1.165, 1.54) is 12.1 Å². The minimum Gasteiger partial charge on any atom is -0.388 e. The zero-order chi connectivity index (χ0) is 19.9. The van der Waals surface area contributed by atoms with Gasteiger partial charge in [0.25, 0.3) is 0 Å². The first-order valence-electron chi connectivity index (χ1n) is 7.20. The average molecular weight is 435 g/mol. The Morgan fingerprint density at radius 2 is 1.70 bits per heavy atom. The molecule has 3 N–H and O–H groups in total. The number of nitrogens with zero attached hydrogens (tertiary/aromatic N) is 1. The van der Waals surface area contributed by atoms with E-state index < -0.39 is 33.2 Å². The molecule has 0 radical (unpaired) electrons. The van der Waals surface area contributed by atoms with Crippen LogP contribution in [0.1, 0.15) is 5.76 Å².